The molecule has 5 heteroatoms. The Kier molecular flexibility index (Phi) is 3.00. The maximum absolute atomic E-state index is 13.0. The Labute approximate surface area is 145 Å². The molecule has 6 rings (SSSR count). The van der Waals surface area contributed by atoms with Crippen LogP contribution in [0.25, 0.3) is 0 Å². The van der Waals surface area contributed by atoms with Crippen molar-refractivity contribution >= 4 is 17.8 Å². The molecule has 1 saturated heterocycles. The first-order chi connectivity index (χ1) is 12.1. The van der Waals surface area contributed by atoms with Gasteiger partial charge in [0, 0.05) is 6.42 Å². The SMILES string of the molecule is O=C(O)[C@H](Cc1ccccc1)N1C(=O)[C@@H]2[C@H]3C=C[C@@H]([C@@H]4C[C@H]34)[C@@H]2C1=O. The second-order valence-corrected chi connectivity index (χ2v) is 7.74. The van der Waals surface area contributed by atoms with Gasteiger partial charge in [-0.2, -0.15) is 0 Å². The smallest absolute Gasteiger partial charge is 0.327 e. The Morgan fingerprint density at radius 3 is 2.12 bits per heavy atom. The fourth-order valence-corrected chi connectivity index (χ4v) is 5.41. The minimum absolute atomic E-state index is 0.118. The van der Waals surface area contributed by atoms with Crippen LogP contribution in [-0.2, 0) is 20.8 Å². The molecule has 128 valence electrons. The molecule has 1 heterocycles. The van der Waals surface area contributed by atoms with Crippen molar-refractivity contribution in [3.8, 4) is 0 Å². The Hall–Kier alpha value is -2.43. The van der Waals surface area contributed by atoms with Gasteiger partial charge in [-0.1, -0.05) is 42.5 Å². The molecule has 1 aromatic carbocycles. The lowest BCUT2D eigenvalue weighted by Gasteiger charge is -2.37. The summed E-state index contributed by atoms with van der Waals surface area (Å²) in [7, 11) is 0. The molecule has 25 heavy (non-hydrogen) atoms. The van der Waals surface area contributed by atoms with Gasteiger partial charge < -0.3 is 5.11 Å². The summed E-state index contributed by atoms with van der Waals surface area (Å²) in [6.07, 6.45) is 5.45. The minimum atomic E-state index is -1.12. The van der Waals surface area contributed by atoms with Gasteiger partial charge in [0.05, 0.1) is 11.8 Å². The Bertz CT molecular complexity index is 765. The van der Waals surface area contributed by atoms with Gasteiger partial charge in [-0.3, -0.25) is 14.5 Å². The van der Waals surface area contributed by atoms with Gasteiger partial charge >= 0.3 is 5.97 Å². The number of carbonyl (C=O) groups excluding carboxylic acids is 2. The number of carbonyl (C=O) groups is 3. The van der Waals surface area contributed by atoms with Crippen molar-refractivity contribution in [1.82, 2.24) is 4.90 Å². The number of nitrogens with zero attached hydrogens (tertiary/aromatic N) is 1. The Morgan fingerprint density at radius 2 is 1.60 bits per heavy atom. The molecule has 1 N–H and O–H groups in total. The van der Waals surface area contributed by atoms with Gasteiger partial charge in [0.15, 0.2) is 0 Å². The van der Waals surface area contributed by atoms with E-state index in [9.17, 15) is 19.5 Å². The first-order valence-electron chi connectivity index (χ1n) is 8.90. The second kappa shape index (κ2) is 5.04. The van der Waals surface area contributed by atoms with Gasteiger partial charge in [-0.05, 0) is 35.7 Å². The summed E-state index contributed by atoms with van der Waals surface area (Å²) in [5.41, 5.74) is 0.814. The largest absolute Gasteiger partial charge is 0.480 e. The van der Waals surface area contributed by atoms with E-state index in [0.29, 0.717) is 11.8 Å². The lowest BCUT2D eigenvalue weighted by molar-refractivity contribution is -0.155. The number of amides is 2. The van der Waals surface area contributed by atoms with Crippen LogP contribution in [0.3, 0.4) is 0 Å². The van der Waals surface area contributed by atoms with Crippen LogP contribution < -0.4 is 0 Å². The summed E-state index contributed by atoms with van der Waals surface area (Å²) in [6.45, 7) is 0. The number of carboxylic acid groups (broad SMARTS) is 1. The molecule has 1 aromatic rings. The van der Waals surface area contributed by atoms with Gasteiger partial charge in [-0.25, -0.2) is 4.79 Å². The summed E-state index contributed by atoms with van der Waals surface area (Å²) in [5, 5.41) is 9.71. The van der Waals surface area contributed by atoms with E-state index in [1.165, 1.54) is 0 Å². The van der Waals surface area contributed by atoms with Crippen LogP contribution in [0.2, 0.25) is 0 Å². The van der Waals surface area contributed by atoms with E-state index in [1.807, 2.05) is 30.3 Å². The van der Waals surface area contributed by atoms with E-state index in [-0.39, 0.29) is 41.9 Å². The number of rotatable bonds is 4. The molecule has 3 fully saturated rings. The second-order valence-electron chi connectivity index (χ2n) is 7.74. The molecule has 0 spiro atoms. The summed E-state index contributed by atoms with van der Waals surface area (Å²) < 4.78 is 0. The highest BCUT2D eigenvalue weighted by molar-refractivity contribution is 6.08. The van der Waals surface area contributed by atoms with E-state index in [1.54, 1.807) is 0 Å². The zero-order valence-electron chi connectivity index (χ0n) is 13.6. The van der Waals surface area contributed by atoms with Crippen LogP contribution >= 0.6 is 0 Å². The molecule has 0 radical (unpaired) electrons. The van der Waals surface area contributed by atoms with E-state index in [0.717, 1.165) is 16.9 Å². The predicted molar refractivity (Wildman–Crippen MR) is 88.1 cm³/mol. The number of imide groups is 1. The molecule has 7 atom stereocenters. The molecule has 0 aromatic heterocycles. The Balaban J connectivity index is 1.48. The average Bonchev–Trinajstić information content (AvgIpc) is 3.39. The van der Waals surface area contributed by atoms with Crippen LogP contribution in [0.15, 0.2) is 42.5 Å². The normalized spacial score (nSPS) is 38.5. The first kappa shape index (κ1) is 14.9. The first-order valence-corrected chi connectivity index (χ1v) is 8.90. The molecule has 2 amide bonds. The van der Waals surface area contributed by atoms with E-state index in [4.69, 9.17) is 0 Å². The van der Waals surface area contributed by atoms with Crippen molar-refractivity contribution in [3.05, 3.63) is 48.0 Å². The minimum Gasteiger partial charge on any atom is -0.480 e. The standard InChI is InChI=1S/C20H19NO4/c22-18-16-11-6-7-12(14-9-13(11)14)17(16)19(23)21(18)15(20(24)25)8-10-4-2-1-3-5-10/h1-7,11-17H,8-9H2,(H,24,25)/t11-,12-,13-,14+,15-,16-,17+/m0/s1. The number of carboxylic acids is 1. The van der Waals surface area contributed by atoms with Crippen molar-refractivity contribution in [3.63, 3.8) is 0 Å². The van der Waals surface area contributed by atoms with Gasteiger partial charge in [0.25, 0.3) is 0 Å². The van der Waals surface area contributed by atoms with Crippen LogP contribution in [-0.4, -0.2) is 33.8 Å². The van der Waals surface area contributed by atoms with Crippen LogP contribution in [0.5, 0.6) is 0 Å². The summed E-state index contributed by atoms with van der Waals surface area (Å²) >= 11 is 0. The third-order valence-corrected chi connectivity index (χ3v) is 6.57. The van der Waals surface area contributed by atoms with Gasteiger partial charge in [-0.15, -0.1) is 0 Å². The molecule has 2 bridgehead atoms. The number of allylic oxidation sites excluding steroid dienone is 2. The zero-order valence-corrected chi connectivity index (χ0v) is 13.6. The predicted octanol–water partition coefficient (Wildman–Crippen LogP) is 1.74. The van der Waals surface area contributed by atoms with Crippen LogP contribution in [0.4, 0.5) is 0 Å². The highest BCUT2D eigenvalue weighted by atomic mass is 16.4. The quantitative estimate of drug-likeness (QED) is 0.671. The van der Waals surface area contributed by atoms with Crippen molar-refractivity contribution in [2.75, 3.05) is 0 Å². The van der Waals surface area contributed by atoms with Crippen molar-refractivity contribution in [2.24, 2.45) is 35.5 Å². The Morgan fingerprint density at radius 1 is 1.04 bits per heavy atom. The van der Waals surface area contributed by atoms with Gasteiger partial charge in [0.1, 0.15) is 6.04 Å². The molecular formula is C20H19NO4. The van der Waals surface area contributed by atoms with E-state index >= 15 is 0 Å². The molecule has 0 unspecified atom stereocenters. The highest BCUT2D eigenvalue weighted by Crippen LogP contribution is 2.65. The topological polar surface area (TPSA) is 74.7 Å². The van der Waals surface area contributed by atoms with Crippen LogP contribution in [0.1, 0.15) is 12.0 Å². The molecule has 5 aliphatic rings. The molecule has 2 saturated carbocycles. The lowest BCUT2D eigenvalue weighted by atomic mass is 9.63. The molecule has 4 aliphatic carbocycles. The van der Waals surface area contributed by atoms with Crippen molar-refractivity contribution in [2.45, 2.75) is 18.9 Å². The van der Waals surface area contributed by atoms with Crippen LogP contribution in [0, 0.1) is 35.5 Å². The third-order valence-electron chi connectivity index (χ3n) is 6.57. The summed E-state index contributed by atoms with van der Waals surface area (Å²) in [6, 6.07) is 8.06. The highest BCUT2D eigenvalue weighted by Gasteiger charge is 2.67. The summed E-state index contributed by atoms with van der Waals surface area (Å²) in [4.78, 5) is 39.0. The summed E-state index contributed by atoms with van der Waals surface area (Å²) in [5.74, 6) is -1.08. The fourth-order valence-electron chi connectivity index (χ4n) is 5.41. The maximum atomic E-state index is 13.0. The third kappa shape index (κ3) is 1.98. The number of aliphatic carboxylic acids is 1. The van der Waals surface area contributed by atoms with Gasteiger partial charge in [0.2, 0.25) is 11.8 Å². The lowest BCUT2D eigenvalue weighted by Crippen LogP contribution is -2.47. The van der Waals surface area contributed by atoms with E-state index in [2.05, 4.69) is 12.2 Å². The number of hydrogen-bond acceptors (Lipinski definition) is 3. The number of hydrogen-bond donors (Lipinski definition) is 1. The maximum Gasteiger partial charge on any atom is 0.327 e. The molecule has 1 aliphatic heterocycles. The van der Waals surface area contributed by atoms with E-state index < -0.39 is 12.0 Å². The van der Waals surface area contributed by atoms with Crippen molar-refractivity contribution < 1.29 is 19.5 Å². The average molecular weight is 337 g/mol. The molecular weight excluding hydrogens is 318 g/mol. The number of benzene rings is 1. The zero-order chi connectivity index (χ0) is 17.3. The monoisotopic (exact) mass is 337 g/mol. The molecule has 5 nitrogen and oxygen atoms in total. The van der Waals surface area contributed by atoms with Crippen molar-refractivity contribution in [1.29, 1.82) is 0 Å². The fraction of sp³-hybridized carbons (Fsp3) is 0.450. The number of likely N-dealkylation sites (tertiary alicyclic amines) is 1.